The quantitative estimate of drug-likeness (QED) is 0.817. The molecule has 1 aromatic rings. The first kappa shape index (κ1) is 12.4. The number of nitrogens with two attached hydrogens (primary N) is 1. The minimum atomic E-state index is -0.758. The van der Waals surface area contributed by atoms with Gasteiger partial charge in [0, 0.05) is 5.25 Å². The number of hydrogen-bond acceptors (Lipinski definition) is 6. The maximum atomic E-state index is 8.80. The van der Waals surface area contributed by atoms with Gasteiger partial charge in [-0.1, -0.05) is 30.0 Å². The van der Waals surface area contributed by atoms with E-state index in [0.29, 0.717) is 6.42 Å². The zero-order valence-corrected chi connectivity index (χ0v) is 10.7. The van der Waals surface area contributed by atoms with Crippen LogP contribution >= 0.6 is 23.1 Å². The van der Waals surface area contributed by atoms with Crippen LogP contribution in [0.5, 0.6) is 0 Å². The molecule has 0 aliphatic heterocycles. The third kappa shape index (κ3) is 4.16. The van der Waals surface area contributed by atoms with Crippen LogP contribution in [0.2, 0.25) is 0 Å². The van der Waals surface area contributed by atoms with Gasteiger partial charge in [0.05, 0.1) is 6.07 Å². The van der Waals surface area contributed by atoms with Crippen LogP contribution in [0.4, 0.5) is 0 Å². The lowest BCUT2D eigenvalue weighted by Crippen LogP contribution is -2.36. The van der Waals surface area contributed by atoms with Crippen molar-refractivity contribution < 1.29 is 0 Å². The summed E-state index contributed by atoms with van der Waals surface area (Å²) in [5, 5.41) is 18.0. The smallest absolute Gasteiger partial charge is 0.174 e. The molecule has 0 saturated carbocycles. The molecule has 1 aromatic heterocycles. The van der Waals surface area contributed by atoms with E-state index in [9.17, 15) is 0 Å². The summed E-state index contributed by atoms with van der Waals surface area (Å²) in [6.45, 7) is 5.72. The second-order valence-corrected chi connectivity index (χ2v) is 6.62. The Labute approximate surface area is 97.9 Å². The number of nitriles is 1. The molecule has 0 aliphatic carbocycles. The molecule has 4 nitrogen and oxygen atoms in total. The number of aromatic nitrogens is 2. The zero-order chi connectivity index (χ0) is 11.5. The monoisotopic (exact) mass is 242 g/mol. The molecule has 0 radical (unpaired) electrons. The molecule has 0 aliphatic rings. The number of thioether (sulfide) groups is 1. The summed E-state index contributed by atoms with van der Waals surface area (Å²) in [4.78, 5) is 0. The van der Waals surface area contributed by atoms with Crippen molar-refractivity contribution in [1.29, 1.82) is 5.26 Å². The minimum Gasteiger partial charge on any atom is -0.314 e. The lowest BCUT2D eigenvalue weighted by atomic mass is 10.00. The molecule has 0 fully saturated rings. The third-order valence-corrected chi connectivity index (χ3v) is 3.80. The SMILES string of the molecule is Cc1nnc(SC(C)CC(C)(N)C#N)s1. The Bertz CT molecular complexity index is 366. The fraction of sp³-hybridized carbons (Fsp3) is 0.667. The predicted molar refractivity (Wildman–Crippen MR) is 62.8 cm³/mol. The van der Waals surface area contributed by atoms with Crippen molar-refractivity contribution in [2.45, 2.75) is 42.3 Å². The average Bonchev–Trinajstić information content (AvgIpc) is 2.50. The Morgan fingerprint density at radius 3 is 2.80 bits per heavy atom. The van der Waals surface area contributed by atoms with Gasteiger partial charge in [-0.25, -0.2) is 0 Å². The molecule has 15 heavy (non-hydrogen) atoms. The van der Waals surface area contributed by atoms with Gasteiger partial charge in [0.1, 0.15) is 10.5 Å². The number of rotatable bonds is 4. The topological polar surface area (TPSA) is 75.6 Å². The van der Waals surface area contributed by atoms with Gasteiger partial charge in [0.15, 0.2) is 4.34 Å². The fourth-order valence-corrected chi connectivity index (χ4v) is 3.51. The summed E-state index contributed by atoms with van der Waals surface area (Å²) in [7, 11) is 0. The van der Waals surface area contributed by atoms with Gasteiger partial charge in [-0.05, 0) is 20.3 Å². The van der Waals surface area contributed by atoms with E-state index in [4.69, 9.17) is 11.0 Å². The van der Waals surface area contributed by atoms with Crippen LogP contribution in [-0.2, 0) is 0 Å². The summed E-state index contributed by atoms with van der Waals surface area (Å²) in [5.74, 6) is 0. The van der Waals surface area contributed by atoms with Crippen LogP contribution in [0.15, 0.2) is 4.34 Å². The Hall–Kier alpha value is -0.640. The first-order valence-corrected chi connectivity index (χ1v) is 6.29. The van der Waals surface area contributed by atoms with E-state index in [1.165, 1.54) is 0 Å². The van der Waals surface area contributed by atoms with E-state index in [-0.39, 0.29) is 5.25 Å². The highest BCUT2D eigenvalue weighted by atomic mass is 32.2. The maximum Gasteiger partial charge on any atom is 0.174 e. The Morgan fingerprint density at radius 1 is 1.67 bits per heavy atom. The van der Waals surface area contributed by atoms with Gasteiger partial charge in [-0.2, -0.15) is 5.26 Å². The molecule has 0 saturated heterocycles. The molecule has 1 rings (SSSR count). The second kappa shape index (κ2) is 4.92. The van der Waals surface area contributed by atoms with Crippen molar-refractivity contribution in [2.75, 3.05) is 0 Å². The summed E-state index contributed by atoms with van der Waals surface area (Å²) in [5.41, 5.74) is 5.01. The highest BCUT2D eigenvalue weighted by Gasteiger charge is 2.22. The molecular weight excluding hydrogens is 228 g/mol. The van der Waals surface area contributed by atoms with Crippen LogP contribution in [0, 0.1) is 18.3 Å². The van der Waals surface area contributed by atoms with Gasteiger partial charge in [0.25, 0.3) is 0 Å². The van der Waals surface area contributed by atoms with Gasteiger partial charge >= 0.3 is 0 Å². The summed E-state index contributed by atoms with van der Waals surface area (Å²) in [6.07, 6.45) is 0.646. The molecule has 2 N–H and O–H groups in total. The largest absolute Gasteiger partial charge is 0.314 e. The lowest BCUT2D eigenvalue weighted by molar-refractivity contribution is 0.545. The van der Waals surface area contributed by atoms with Gasteiger partial charge in [-0.15, -0.1) is 10.2 Å². The van der Waals surface area contributed by atoms with Gasteiger partial charge in [0.2, 0.25) is 0 Å². The molecule has 0 amide bonds. The highest BCUT2D eigenvalue weighted by Crippen LogP contribution is 2.29. The highest BCUT2D eigenvalue weighted by molar-refractivity contribution is 8.01. The van der Waals surface area contributed by atoms with Crippen molar-refractivity contribution in [3.63, 3.8) is 0 Å². The van der Waals surface area contributed by atoms with E-state index >= 15 is 0 Å². The van der Waals surface area contributed by atoms with E-state index in [2.05, 4.69) is 16.3 Å². The molecule has 82 valence electrons. The van der Waals surface area contributed by atoms with E-state index in [1.807, 2.05) is 13.8 Å². The Morgan fingerprint density at radius 2 is 2.33 bits per heavy atom. The van der Waals surface area contributed by atoms with E-state index in [0.717, 1.165) is 9.35 Å². The molecule has 0 bridgehead atoms. The standard InChI is InChI=1S/C9H14N4S2/c1-6(4-9(3,11)5-10)14-8-13-12-7(2)15-8/h6H,4,11H2,1-3H3. The van der Waals surface area contributed by atoms with Crippen molar-refractivity contribution in [3.05, 3.63) is 5.01 Å². The van der Waals surface area contributed by atoms with Gasteiger partial charge in [-0.3, -0.25) is 0 Å². The molecule has 2 unspecified atom stereocenters. The second-order valence-electron chi connectivity index (χ2n) is 3.75. The molecule has 1 heterocycles. The maximum absolute atomic E-state index is 8.80. The van der Waals surface area contributed by atoms with Crippen LogP contribution in [-0.4, -0.2) is 21.0 Å². The number of aryl methyl sites for hydroxylation is 1. The number of nitrogens with zero attached hydrogens (tertiary/aromatic N) is 3. The molecule has 6 heteroatoms. The predicted octanol–water partition coefficient (Wildman–Crippen LogP) is 1.96. The normalized spacial score (nSPS) is 16.7. The van der Waals surface area contributed by atoms with Crippen LogP contribution in [0.1, 0.15) is 25.3 Å². The third-order valence-electron chi connectivity index (χ3n) is 1.78. The summed E-state index contributed by atoms with van der Waals surface area (Å²) >= 11 is 3.19. The lowest BCUT2D eigenvalue weighted by Gasteiger charge is -2.18. The molecule has 0 spiro atoms. The molecule has 0 aromatic carbocycles. The van der Waals surface area contributed by atoms with Crippen LogP contribution in [0.25, 0.3) is 0 Å². The Balaban J connectivity index is 2.50. The van der Waals surface area contributed by atoms with Crippen molar-refractivity contribution in [3.8, 4) is 6.07 Å². The summed E-state index contributed by atoms with van der Waals surface area (Å²) < 4.78 is 0.939. The van der Waals surface area contributed by atoms with Gasteiger partial charge < -0.3 is 5.73 Å². The summed E-state index contributed by atoms with van der Waals surface area (Å²) in [6, 6.07) is 2.10. The first-order chi connectivity index (χ1) is 6.93. The van der Waals surface area contributed by atoms with E-state index in [1.54, 1.807) is 30.0 Å². The Kier molecular flexibility index (Phi) is 4.08. The zero-order valence-electron chi connectivity index (χ0n) is 9.02. The van der Waals surface area contributed by atoms with E-state index < -0.39 is 5.54 Å². The van der Waals surface area contributed by atoms with Crippen LogP contribution in [0.3, 0.4) is 0 Å². The molecular formula is C9H14N4S2. The first-order valence-electron chi connectivity index (χ1n) is 4.60. The number of hydrogen-bond donors (Lipinski definition) is 1. The molecule has 2 atom stereocenters. The average molecular weight is 242 g/mol. The fourth-order valence-electron chi connectivity index (χ4n) is 1.18. The van der Waals surface area contributed by atoms with Crippen LogP contribution < -0.4 is 5.73 Å². The van der Waals surface area contributed by atoms with Crippen molar-refractivity contribution in [1.82, 2.24) is 10.2 Å². The minimum absolute atomic E-state index is 0.270. The van der Waals surface area contributed by atoms with Crippen molar-refractivity contribution >= 4 is 23.1 Å². The van der Waals surface area contributed by atoms with Crippen molar-refractivity contribution in [2.24, 2.45) is 5.73 Å².